The van der Waals surface area contributed by atoms with Crippen molar-refractivity contribution in [3.63, 3.8) is 0 Å². The maximum atomic E-state index is 12.7. The smallest absolute Gasteiger partial charge is 0.275 e. The van der Waals surface area contributed by atoms with Crippen molar-refractivity contribution in [1.29, 1.82) is 0 Å². The first-order valence-electron chi connectivity index (χ1n) is 7.04. The van der Waals surface area contributed by atoms with Crippen LogP contribution in [0.4, 0.5) is 0 Å². The van der Waals surface area contributed by atoms with Crippen molar-refractivity contribution < 1.29 is 28.8 Å². The van der Waals surface area contributed by atoms with Crippen LogP contribution >= 0.6 is 0 Å². The molecule has 122 valence electrons. The number of rotatable bonds is 2. The van der Waals surface area contributed by atoms with Gasteiger partial charge in [-0.25, -0.2) is 4.90 Å². The summed E-state index contributed by atoms with van der Waals surface area (Å²) in [5.74, 6) is -4.56. The fourth-order valence-electron chi connectivity index (χ4n) is 2.91. The van der Waals surface area contributed by atoms with Gasteiger partial charge in [-0.05, 0) is 6.07 Å². The molecule has 6 amide bonds. The number of hydrogen-bond acceptors (Lipinski definition) is 6. The Labute approximate surface area is 139 Å². The van der Waals surface area contributed by atoms with Crippen molar-refractivity contribution in [2.45, 2.75) is 0 Å². The van der Waals surface area contributed by atoms with E-state index in [9.17, 15) is 28.8 Å². The summed E-state index contributed by atoms with van der Waals surface area (Å²) in [5.41, 5.74) is -0.457. The average molecular weight is 337 g/mol. The predicted octanol–water partition coefficient (Wildman–Crippen LogP) is -1.14. The molecule has 0 bridgehead atoms. The number of hydrogen-bond donors (Lipinski definition) is 2. The molecule has 1 aromatic rings. The lowest BCUT2D eigenvalue weighted by atomic mass is 9.96. The molecule has 3 heterocycles. The maximum Gasteiger partial charge on any atom is 0.275 e. The van der Waals surface area contributed by atoms with E-state index in [4.69, 9.17) is 0 Å². The number of carbonyl (C=O) groups excluding carboxylic acids is 6. The number of imide groups is 3. The zero-order valence-corrected chi connectivity index (χ0v) is 12.3. The van der Waals surface area contributed by atoms with Crippen molar-refractivity contribution in [2.75, 3.05) is 0 Å². The van der Waals surface area contributed by atoms with Gasteiger partial charge in [0.15, 0.2) is 0 Å². The zero-order chi connectivity index (χ0) is 17.9. The average Bonchev–Trinajstić information content (AvgIpc) is 3.15. The van der Waals surface area contributed by atoms with Gasteiger partial charge >= 0.3 is 0 Å². The molecular weight excluding hydrogens is 330 g/mol. The minimum Gasteiger partial charge on any atom is -0.289 e. The second-order valence-corrected chi connectivity index (χ2v) is 5.40. The van der Waals surface area contributed by atoms with Crippen LogP contribution in [0, 0.1) is 0 Å². The van der Waals surface area contributed by atoms with Gasteiger partial charge in [0.05, 0.1) is 16.7 Å². The third-order valence-electron chi connectivity index (χ3n) is 3.94. The summed E-state index contributed by atoms with van der Waals surface area (Å²) in [6.07, 6.45) is 1.89. The molecule has 0 aromatic heterocycles. The highest BCUT2D eigenvalue weighted by Crippen LogP contribution is 2.33. The van der Waals surface area contributed by atoms with Crippen LogP contribution in [0.25, 0.3) is 5.57 Å². The summed E-state index contributed by atoms with van der Waals surface area (Å²) < 4.78 is 0. The van der Waals surface area contributed by atoms with Gasteiger partial charge in [0.2, 0.25) is 0 Å². The molecule has 1 aromatic carbocycles. The molecule has 3 aliphatic heterocycles. The minimum absolute atomic E-state index is 0.0244. The van der Waals surface area contributed by atoms with Gasteiger partial charge < -0.3 is 0 Å². The van der Waals surface area contributed by atoms with Crippen LogP contribution in [-0.4, -0.2) is 40.3 Å². The highest BCUT2D eigenvalue weighted by Gasteiger charge is 2.44. The van der Waals surface area contributed by atoms with Crippen LogP contribution in [0.5, 0.6) is 0 Å². The second kappa shape index (κ2) is 4.81. The molecule has 0 saturated carbocycles. The number of nitrogens with zero attached hydrogens (tertiary/aromatic N) is 1. The lowest BCUT2D eigenvalue weighted by Gasteiger charge is -2.12. The van der Waals surface area contributed by atoms with Gasteiger partial charge in [0, 0.05) is 17.7 Å². The third-order valence-corrected chi connectivity index (χ3v) is 3.94. The molecule has 0 saturated heterocycles. The molecule has 3 aliphatic rings. The van der Waals surface area contributed by atoms with E-state index in [1.807, 2.05) is 5.32 Å². The van der Waals surface area contributed by atoms with Crippen LogP contribution in [0.2, 0.25) is 0 Å². The molecule has 4 rings (SSSR count). The van der Waals surface area contributed by atoms with Gasteiger partial charge in [-0.2, -0.15) is 0 Å². The van der Waals surface area contributed by atoms with Crippen molar-refractivity contribution in [2.24, 2.45) is 0 Å². The summed E-state index contributed by atoms with van der Waals surface area (Å²) in [7, 11) is 0. The van der Waals surface area contributed by atoms with E-state index < -0.39 is 35.4 Å². The summed E-state index contributed by atoms with van der Waals surface area (Å²) in [5, 5.41) is 4.02. The number of benzene rings is 1. The van der Waals surface area contributed by atoms with E-state index in [0.29, 0.717) is 4.90 Å². The molecule has 0 atom stereocenters. The summed E-state index contributed by atoms with van der Waals surface area (Å²) in [4.78, 5) is 72.2. The molecule has 2 N–H and O–H groups in total. The third kappa shape index (κ3) is 1.96. The normalized spacial score (nSPS) is 19.1. The van der Waals surface area contributed by atoms with Gasteiger partial charge in [-0.1, -0.05) is 12.1 Å². The Kier molecular flexibility index (Phi) is 2.83. The van der Waals surface area contributed by atoms with Gasteiger partial charge in [-0.15, -0.1) is 0 Å². The molecule has 25 heavy (non-hydrogen) atoms. The van der Waals surface area contributed by atoms with Crippen LogP contribution in [0.15, 0.2) is 36.0 Å². The van der Waals surface area contributed by atoms with E-state index >= 15 is 0 Å². The quantitative estimate of drug-likeness (QED) is 0.656. The van der Waals surface area contributed by atoms with Crippen LogP contribution in [0.1, 0.15) is 26.3 Å². The minimum atomic E-state index is -0.867. The van der Waals surface area contributed by atoms with Crippen LogP contribution in [0.3, 0.4) is 0 Å². The zero-order valence-electron chi connectivity index (χ0n) is 12.3. The largest absolute Gasteiger partial charge is 0.289 e. The Morgan fingerprint density at radius 2 is 1.36 bits per heavy atom. The molecule has 0 fully saturated rings. The molecular formula is C16H7N3O6. The lowest BCUT2D eigenvalue weighted by Crippen LogP contribution is -2.34. The molecule has 9 heteroatoms. The highest BCUT2D eigenvalue weighted by atomic mass is 16.2. The van der Waals surface area contributed by atoms with Gasteiger partial charge in [0.25, 0.3) is 35.4 Å². The molecule has 0 unspecified atom stereocenters. The second-order valence-electron chi connectivity index (χ2n) is 5.40. The molecule has 0 aliphatic carbocycles. The number of nitrogens with one attached hydrogen (secondary N) is 2. The SMILES string of the molecule is O=C1C=C(c2cccc3c2C(=O)N(C2=CC(=O)NC2=O)C3=O)C(=O)N1. The van der Waals surface area contributed by atoms with E-state index in [2.05, 4.69) is 5.32 Å². The van der Waals surface area contributed by atoms with Crippen molar-refractivity contribution in [1.82, 2.24) is 15.5 Å². The van der Waals surface area contributed by atoms with E-state index in [1.165, 1.54) is 18.2 Å². The predicted molar refractivity (Wildman–Crippen MR) is 79.3 cm³/mol. The first kappa shape index (κ1) is 14.7. The van der Waals surface area contributed by atoms with Crippen molar-refractivity contribution in [3.8, 4) is 0 Å². The van der Waals surface area contributed by atoms with Crippen molar-refractivity contribution in [3.05, 3.63) is 52.7 Å². The van der Waals surface area contributed by atoms with E-state index in [1.54, 1.807) is 0 Å². The molecule has 0 spiro atoms. The summed E-state index contributed by atoms with van der Waals surface area (Å²) in [6, 6.07) is 4.24. The highest BCUT2D eigenvalue weighted by molar-refractivity contribution is 6.36. The van der Waals surface area contributed by atoms with Crippen molar-refractivity contribution >= 4 is 41.0 Å². The Hall–Kier alpha value is -3.88. The number of amides is 6. The molecule has 9 nitrogen and oxygen atoms in total. The standard InChI is InChI=1S/C16H7N3O6/c20-10-4-8(13(22)17-10)6-2-1-3-7-12(6)16(25)19(15(7)24)9-5-11(21)18-14(9)23/h1-5H,(H,17,20,22)(H,18,21,23). The lowest BCUT2D eigenvalue weighted by molar-refractivity contribution is -0.125. The topological polar surface area (TPSA) is 130 Å². The van der Waals surface area contributed by atoms with E-state index in [-0.39, 0.29) is 28.0 Å². The summed E-state index contributed by atoms with van der Waals surface area (Å²) in [6.45, 7) is 0. The number of fused-ring (bicyclic) bond motifs is 1. The Morgan fingerprint density at radius 1 is 0.720 bits per heavy atom. The van der Waals surface area contributed by atoms with Gasteiger partial charge in [-0.3, -0.25) is 39.4 Å². The van der Waals surface area contributed by atoms with Gasteiger partial charge in [0.1, 0.15) is 5.70 Å². The fourth-order valence-corrected chi connectivity index (χ4v) is 2.91. The first-order valence-corrected chi connectivity index (χ1v) is 7.04. The maximum absolute atomic E-state index is 12.7. The number of carbonyl (C=O) groups is 6. The summed E-state index contributed by atoms with van der Waals surface area (Å²) >= 11 is 0. The Bertz CT molecular complexity index is 1020. The van der Waals surface area contributed by atoms with Crippen LogP contribution in [-0.2, 0) is 19.2 Å². The Morgan fingerprint density at radius 3 is 1.96 bits per heavy atom. The monoisotopic (exact) mass is 337 g/mol. The fraction of sp³-hybridized carbons (Fsp3) is 0. The molecule has 0 radical (unpaired) electrons. The first-order chi connectivity index (χ1) is 11.9. The van der Waals surface area contributed by atoms with E-state index in [0.717, 1.165) is 12.2 Å². The Balaban J connectivity index is 1.87. The van der Waals surface area contributed by atoms with Crippen LogP contribution < -0.4 is 10.6 Å².